The van der Waals surface area contributed by atoms with Gasteiger partial charge in [-0.15, -0.1) is 0 Å². The SMILES string of the molecule is CCCNCc1occc1CN1CCN(C2CC2)CC1. The Bertz CT molecular complexity index is 406. The summed E-state index contributed by atoms with van der Waals surface area (Å²) in [6.07, 6.45) is 5.85. The minimum Gasteiger partial charge on any atom is -0.468 e. The van der Waals surface area contributed by atoms with Crippen LogP contribution in [0.25, 0.3) is 0 Å². The first-order valence-electron chi connectivity index (χ1n) is 8.09. The van der Waals surface area contributed by atoms with Gasteiger partial charge >= 0.3 is 0 Å². The Morgan fingerprint density at radius 2 is 2.05 bits per heavy atom. The van der Waals surface area contributed by atoms with Crippen molar-refractivity contribution in [1.29, 1.82) is 0 Å². The smallest absolute Gasteiger partial charge is 0.122 e. The number of nitrogens with zero attached hydrogens (tertiary/aromatic N) is 2. The van der Waals surface area contributed by atoms with Crippen LogP contribution in [0.1, 0.15) is 37.5 Å². The highest BCUT2D eigenvalue weighted by atomic mass is 16.3. The highest BCUT2D eigenvalue weighted by Crippen LogP contribution is 2.27. The molecule has 0 aromatic carbocycles. The number of furan rings is 1. The molecule has 1 aliphatic heterocycles. The second-order valence-corrected chi connectivity index (χ2v) is 6.09. The van der Waals surface area contributed by atoms with Crippen LogP contribution in [0.5, 0.6) is 0 Å². The van der Waals surface area contributed by atoms with Crippen LogP contribution in [-0.4, -0.2) is 48.6 Å². The normalized spacial score (nSPS) is 21.4. The van der Waals surface area contributed by atoms with Gasteiger partial charge in [0.05, 0.1) is 12.8 Å². The van der Waals surface area contributed by atoms with Crippen molar-refractivity contribution in [3.63, 3.8) is 0 Å². The summed E-state index contributed by atoms with van der Waals surface area (Å²) in [4.78, 5) is 5.22. The third-order valence-electron chi connectivity index (χ3n) is 4.41. The first-order valence-corrected chi connectivity index (χ1v) is 8.09. The van der Waals surface area contributed by atoms with E-state index in [-0.39, 0.29) is 0 Å². The van der Waals surface area contributed by atoms with Gasteiger partial charge in [-0.3, -0.25) is 9.80 Å². The topological polar surface area (TPSA) is 31.7 Å². The van der Waals surface area contributed by atoms with E-state index in [1.165, 1.54) is 51.0 Å². The number of hydrogen-bond donors (Lipinski definition) is 1. The molecule has 0 amide bonds. The summed E-state index contributed by atoms with van der Waals surface area (Å²) < 4.78 is 5.62. The number of nitrogens with one attached hydrogen (secondary N) is 1. The lowest BCUT2D eigenvalue weighted by Gasteiger charge is -2.34. The average Bonchev–Trinajstić information content (AvgIpc) is 3.23. The molecule has 1 aromatic rings. The second-order valence-electron chi connectivity index (χ2n) is 6.09. The Kier molecular flexibility index (Phi) is 4.76. The van der Waals surface area contributed by atoms with Crippen LogP contribution in [0.4, 0.5) is 0 Å². The quantitative estimate of drug-likeness (QED) is 0.773. The summed E-state index contributed by atoms with van der Waals surface area (Å²) in [5.74, 6) is 1.11. The first kappa shape index (κ1) is 14.1. The molecule has 0 atom stereocenters. The van der Waals surface area contributed by atoms with E-state index < -0.39 is 0 Å². The van der Waals surface area contributed by atoms with Crippen LogP contribution in [0.3, 0.4) is 0 Å². The molecule has 4 heteroatoms. The van der Waals surface area contributed by atoms with Crippen LogP contribution in [0.15, 0.2) is 16.7 Å². The van der Waals surface area contributed by atoms with Gasteiger partial charge in [-0.1, -0.05) is 6.92 Å². The molecule has 0 radical (unpaired) electrons. The van der Waals surface area contributed by atoms with E-state index in [1.807, 2.05) is 6.26 Å². The van der Waals surface area contributed by atoms with E-state index in [9.17, 15) is 0 Å². The minimum absolute atomic E-state index is 0.859. The van der Waals surface area contributed by atoms with Crippen LogP contribution < -0.4 is 5.32 Å². The van der Waals surface area contributed by atoms with Crippen LogP contribution in [0.2, 0.25) is 0 Å². The summed E-state index contributed by atoms with van der Waals surface area (Å²) in [6, 6.07) is 3.05. The van der Waals surface area contributed by atoms with Gasteiger partial charge in [0.25, 0.3) is 0 Å². The van der Waals surface area contributed by atoms with Crippen LogP contribution in [0, 0.1) is 0 Å². The zero-order chi connectivity index (χ0) is 13.8. The Morgan fingerprint density at radius 3 is 2.75 bits per heavy atom. The molecular formula is C16H27N3O. The fraction of sp³-hybridized carbons (Fsp3) is 0.750. The fourth-order valence-electron chi connectivity index (χ4n) is 3.01. The molecule has 2 fully saturated rings. The van der Waals surface area contributed by atoms with Gasteiger partial charge in [-0.25, -0.2) is 0 Å². The number of piperazine rings is 1. The van der Waals surface area contributed by atoms with Gasteiger partial charge in [0, 0.05) is 44.3 Å². The Hall–Kier alpha value is -0.840. The van der Waals surface area contributed by atoms with Crippen molar-refractivity contribution in [3.05, 3.63) is 23.7 Å². The lowest BCUT2D eigenvalue weighted by molar-refractivity contribution is 0.121. The monoisotopic (exact) mass is 277 g/mol. The van der Waals surface area contributed by atoms with E-state index in [2.05, 4.69) is 28.1 Å². The maximum atomic E-state index is 5.62. The van der Waals surface area contributed by atoms with Crippen molar-refractivity contribution in [1.82, 2.24) is 15.1 Å². The molecule has 0 spiro atoms. The minimum atomic E-state index is 0.859. The van der Waals surface area contributed by atoms with Crippen molar-refractivity contribution in [3.8, 4) is 0 Å². The van der Waals surface area contributed by atoms with E-state index in [0.29, 0.717) is 0 Å². The molecule has 1 aromatic heterocycles. The molecule has 2 heterocycles. The molecule has 0 unspecified atom stereocenters. The molecule has 1 aliphatic carbocycles. The van der Waals surface area contributed by atoms with Crippen molar-refractivity contribution >= 4 is 0 Å². The lowest BCUT2D eigenvalue weighted by atomic mass is 10.2. The number of rotatable bonds is 7. The molecule has 1 saturated heterocycles. The highest BCUT2D eigenvalue weighted by Gasteiger charge is 2.31. The van der Waals surface area contributed by atoms with Gasteiger partial charge in [0.2, 0.25) is 0 Å². The third-order valence-corrected chi connectivity index (χ3v) is 4.41. The number of hydrogen-bond acceptors (Lipinski definition) is 4. The van der Waals surface area contributed by atoms with Gasteiger partial charge in [0.1, 0.15) is 5.76 Å². The zero-order valence-electron chi connectivity index (χ0n) is 12.6. The zero-order valence-corrected chi connectivity index (χ0v) is 12.6. The molecular weight excluding hydrogens is 250 g/mol. The predicted molar refractivity (Wildman–Crippen MR) is 80.6 cm³/mol. The molecule has 0 bridgehead atoms. The van der Waals surface area contributed by atoms with Gasteiger partial charge in [-0.05, 0) is 31.9 Å². The van der Waals surface area contributed by atoms with Crippen molar-refractivity contribution in [2.24, 2.45) is 0 Å². The summed E-state index contributed by atoms with van der Waals surface area (Å²) >= 11 is 0. The summed E-state index contributed by atoms with van der Waals surface area (Å²) in [5, 5.41) is 3.42. The summed E-state index contributed by atoms with van der Waals surface area (Å²) in [5.41, 5.74) is 1.36. The molecule has 20 heavy (non-hydrogen) atoms. The average molecular weight is 277 g/mol. The van der Waals surface area contributed by atoms with Crippen LogP contribution in [-0.2, 0) is 13.1 Å². The predicted octanol–water partition coefficient (Wildman–Crippen LogP) is 2.06. The second kappa shape index (κ2) is 6.74. The molecule has 2 aliphatic rings. The van der Waals surface area contributed by atoms with E-state index in [4.69, 9.17) is 4.42 Å². The molecule has 1 saturated carbocycles. The third kappa shape index (κ3) is 3.62. The summed E-state index contributed by atoms with van der Waals surface area (Å²) in [6.45, 7) is 10.0. The summed E-state index contributed by atoms with van der Waals surface area (Å²) in [7, 11) is 0. The maximum absolute atomic E-state index is 5.62. The maximum Gasteiger partial charge on any atom is 0.122 e. The Labute approximate surface area is 122 Å². The first-order chi connectivity index (χ1) is 9.86. The van der Waals surface area contributed by atoms with Crippen molar-refractivity contribution in [2.75, 3.05) is 32.7 Å². The lowest BCUT2D eigenvalue weighted by Crippen LogP contribution is -2.46. The fourth-order valence-corrected chi connectivity index (χ4v) is 3.01. The Morgan fingerprint density at radius 1 is 1.25 bits per heavy atom. The van der Waals surface area contributed by atoms with Gasteiger partial charge in [0.15, 0.2) is 0 Å². The Balaban J connectivity index is 1.46. The van der Waals surface area contributed by atoms with E-state index in [0.717, 1.165) is 31.4 Å². The molecule has 3 rings (SSSR count). The van der Waals surface area contributed by atoms with Crippen LogP contribution >= 0.6 is 0 Å². The van der Waals surface area contributed by atoms with Gasteiger partial charge < -0.3 is 9.73 Å². The molecule has 4 nitrogen and oxygen atoms in total. The van der Waals surface area contributed by atoms with Crippen molar-refractivity contribution in [2.45, 2.75) is 45.3 Å². The molecule has 112 valence electrons. The van der Waals surface area contributed by atoms with Gasteiger partial charge in [-0.2, -0.15) is 0 Å². The van der Waals surface area contributed by atoms with Crippen molar-refractivity contribution < 1.29 is 4.42 Å². The van der Waals surface area contributed by atoms with E-state index in [1.54, 1.807) is 0 Å². The highest BCUT2D eigenvalue weighted by molar-refractivity contribution is 5.17. The molecule has 1 N–H and O–H groups in total. The standard InChI is InChI=1S/C16H27N3O/c1-2-6-17-12-16-14(5-11-20-16)13-18-7-9-19(10-8-18)15-3-4-15/h5,11,15,17H,2-4,6-10,12-13H2,1H3. The van der Waals surface area contributed by atoms with E-state index >= 15 is 0 Å². The largest absolute Gasteiger partial charge is 0.468 e.